The zero-order chi connectivity index (χ0) is 31.5. The van der Waals surface area contributed by atoms with Gasteiger partial charge in [-0.3, -0.25) is 4.79 Å². The van der Waals surface area contributed by atoms with E-state index in [9.17, 15) is 24.0 Å². The van der Waals surface area contributed by atoms with Gasteiger partial charge in [-0.1, -0.05) is 37.4 Å². The average molecular weight is 589 g/mol. The van der Waals surface area contributed by atoms with Crippen LogP contribution in [0.1, 0.15) is 57.6 Å². The van der Waals surface area contributed by atoms with Gasteiger partial charge in [-0.15, -0.1) is 0 Å². The van der Waals surface area contributed by atoms with Gasteiger partial charge in [-0.05, 0) is 87.3 Å². The number of carbonyl (C=O) groups is 4. The lowest BCUT2D eigenvalue weighted by atomic mass is 9.94. The van der Waals surface area contributed by atoms with Gasteiger partial charge in [0.2, 0.25) is 5.78 Å². The standard InChI is InChI=1S/C34H36O9/c1-21(2)31(36)40-18-9-7-11-28-24(10-6-8-19-41-33(38)23(5)35)12-13-26-20-29(34(39)43-30(26)28)25-14-16-27(17-15-25)42-32(37)22(3)4/h12-17,20H,1,3,6-11,18-19H2,2,4-5H3. The molecule has 3 aromatic rings. The first kappa shape index (κ1) is 32.7. The van der Waals surface area contributed by atoms with Crippen molar-refractivity contribution in [3.63, 3.8) is 0 Å². The number of esters is 3. The first-order valence-corrected chi connectivity index (χ1v) is 14.0. The normalized spacial score (nSPS) is 10.7. The summed E-state index contributed by atoms with van der Waals surface area (Å²) in [6.45, 7) is 11.9. The Bertz CT molecular complexity index is 1590. The highest BCUT2D eigenvalue weighted by molar-refractivity contribution is 6.32. The first-order valence-electron chi connectivity index (χ1n) is 14.0. The summed E-state index contributed by atoms with van der Waals surface area (Å²) in [7, 11) is 0. The molecule has 0 bridgehead atoms. The van der Waals surface area contributed by atoms with Crippen LogP contribution in [-0.4, -0.2) is 36.9 Å². The molecule has 0 fully saturated rings. The third-order valence-corrected chi connectivity index (χ3v) is 6.59. The van der Waals surface area contributed by atoms with E-state index in [2.05, 4.69) is 13.2 Å². The van der Waals surface area contributed by atoms with E-state index in [1.165, 1.54) is 6.92 Å². The van der Waals surface area contributed by atoms with Gasteiger partial charge in [-0.2, -0.15) is 0 Å². The molecule has 0 atom stereocenters. The Morgan fingerprint density at radius 1 is 0.744 bits per heavy atom. The summed E-state index contributed by atoms with van der Waals surface area (Å²) in [6, 6.07) is 12.2. The van der Waals surface area contributed by atoms with Crippen LogP contribution in [-0.2, 0) is 41.5 Å². The number of rotatable bonds is 15. The molecule has 1 aromatic heterocycles. The van der Waals surface area contributed by atoms with E-state index in [1.807, 2.05) is 12.1 Å². The quantitative estimate of drug-likeness (QED) is 0.0537. The summed E-state index contributed by atoms with van der Waals surface area (Å²) in [6.07, 6.45) is 3.77. The molecule has 0 saturated carbocycles. The van der Waals surface area contributed by atoms with Gasteiger partial charge >= 0.3 is 23.5 Å². The van der Waals surface area contributed by atoms with E-state index >= 15 is 0 Å². The van der Waals surface area contributed by atoms with Crippen LogP contribution >= 0.6 is 0 Å². The Morgan fingerprint density at radius 3 is 1.95 bits per heavy atom. The van der Waals surface area contributed by atoms with Crippen molar-refractivity contribution in [1.29, 1.82) is 0 Å². The van der Waals surface area contributed by atoms with Gasteiger partial charge in [0.25, 0.3) is 0 Å². The lowest BCUT2D eigenvalue weighted by Crippen LogP contribution is -2.14. The van der Waals surface area contributed by atoms with Crippen molar-refractivity contribution < 1.29 is 37.8 Å². The molecule has 9 nitrogen and oxygen atoms in total. The van der Waals surface area contributed by atoms with E-state index in [0.29, 0.717) is 66.6 Å². The predicted octanol–water partition coefficient (Wildman–Crippen LogP) is 5.84. The van der Waals surface area contributed by atoms with E-state index in [-0.39, 0.29) is 18.8 Å². The first-order chi connectivity index (χ1) is 20.5. The maximum absolute atomic E-state index is 13.2. The SMILES string of the molecule is C=C(C)C(=O)OCCCCc1c(CCCCOC(=O)C(C)=O)ccc2cc(-c3ccc(OC(=O)C(=C)C)cc3)c(=O)oc12. The number of hydrogen-bond donors (Lipinski definition) is 0. The number of carbonyl (C=O) groups excluding carboxylic acids is 4. The Morgan fingerprint density at radius 2 is 1.35 bits per heavy atom. The molecule has 9 heteroatoms. The Kier molecular flexibility index (Phi) is 11.8. The van der Waals surface area contributed by atoms with Gasteiger partial charge in [0.15, 0.2) is 0 Å². The molecule has 0 amide bonds. The molecule has 0 unspecified atom stereocenters. The Labute approximate surface area is 250 Å². The molecule has 0 radical (unpaired) electrons. The number of benzene rings is 2. The number of aryl methyl sites for hydroxylation is 2. The van der Waals surface area contributed by atoms with Crippen molar-refractivity contribution in [2.45, 2.75) is 59.3 Å². The molecule has 43 heavy (non-hydrogen) atoms. The number of hydrogen-bond acceptors (Lipinski definition) is 9. The molecule has 0 aliphatic rings. The fraction of sp³-hybridized carbons (Fsp3) is 0.324. The largest absolute Gasteiger partial charge is 0.462 e. The minimum absolute atomic E-state index is 0.138. The molecule has 0 saturated heterocycles. The molecular formula is C34H36O9. The van der Waals surface area contributed by atoms with Gasteiger partial charge in [0.05, 0.1) is 18.8 Å². The number of ether oxygens (including phenoxy) is 3. The molecule has 3 rings (SSSR count). The smallest absolute Gasteiger partial charge is 0.374 e. The molecule has 2 aromatic carbocycles. The molecule has 0 aliphatic carbocycles. The third-order valence-electron chi connectivity index (χ3n) is 6.59. The van der Waals surface area contributed by atoms with Gasteiger partial charge < -0.3 is 18.6 Å². The Hall–Kier alpha value is -4.79. The van der Waals surface area contributed by atoms with Crippen LogP contribution in [0.15, 0.2) is 76.0 Å². The van der Waals surface area contributed by atoms with Gasteiger partial charge in [0.1, 0.15) is 11.3 Å². The van der Waals surface area contributed by atoms with Gasteiger partial charge in [0, 0.05) is 23.5 Å². The van der Waals surface area contributed by atoms with Crippen LogP contribution in [0.3, 0.4) is 0 Å². The Balaban J connectivity index is 1.83. The summed E-state index contributed by atoms with van der Waals surface area (Å²) in [5, 5.41) is 0.746. The van der Waals surface area contributed by atoms with E-state index in [0.717, 1.165) is 16.5 Å². The summed E-state index contributed by atoms with van der Waals surface area (Å²) in [5.41, 5.74) is 3.44. The van der Waals surface area contributed by atoms with Gasteiger partial charge in [-0.25, -0.2) is 19.2 Å². The fourth-order valence-electron chi connectivity index (χ4n) is 4.27. The molecule has 0 aliphatic heterocycles. The zero-order valence-corrected chi connectivity index (χ0v) is 24.8. The summed E-state index contributed by atoms with van der Waals surface area (Å²) < 4.78 is 21.3. The number of ketones is 1. The van der Waals surface area contributed by atoms with Crippen molar-refractivity contribution in [3.05, 3.63) is 88.3 Å². The fourth-order valence-corrected chi connectivity index (χ4v) is 4.27. The maximum atomic E-state index is 13.2. The van der Waals surface area contributed by atoms with E-state index in [1.54, 1.807) is 44.2 Å². The average Bonchev–Trinajstić information content (AvgIpc) is 2.97. The van der Waals surface area contributed by atoms with Crippen LogP contribution in [0.5, 0.6) is 5.75 Å². The minimum atomic E-state index is -0.848. The topological polar surface area (TPSA) is 126 Å². The molecular weight excluding hydrogens is 552 g/mol. The number of fused-ring (bicyclic) bond motifs is 1. The zero-order valence-electron chi connectivity index (χ0n) is 24.8. The van der Waals surface area contributed by atoms with Crippen LogP contribution < -0.4 is 10.4 Å². The second-order valence-corrected chi connectivity index (χ2v) is 10.3. The van der Waals surface area contributed by atoms with Crippen molar-refractivity contribution in [1.82, 2.24) is 0 Å². The highest BCUT2D eigenvalue weighted by atomic mass is 16.5. The van der Waals surface area contributed by atoms with E-state index < -0.39 is 29.3 Å². The van der Waals surface area contributed by atoms with Crippen LogP contribution in [0.25, 0.3) is 22.1 Å². The minimum Gasteiger partial charge on any atom is -0.462 e. The summed E-state index contributed by atoms with van der Waals surface area (Å²) in [4.78, 5) is 59.1. The second-order valence-electron chi connectivity index (χ2n) is 10.3. The summed E-state index contributed by atoms with van der Waals surface area (Å²) >= 11 is 0. The molecule has 0 spiro atoms. The molecule has 0 N–H and O–H groups in total. The third kappa shape index (κ3) is 9.36. The number of Topliss-reactive ketones (excluding diaryl/α,β-unsaturated/α-hetero) is 1. The van der Waals surface area contributed by atoms with Crippen molar-refractivity contribution in [3.8, 4) is 16.9 Å². The lowest BCUT2D eigenvalue weighted by molar-refractivity contribution is -0.153. The van der Waals surface area contributed by atoms with E-state index in [4.69, 9.17) is 18.6 Å². The highest BCUT2D eigenvalue weighted by Crippen LogP contribution is 2.29. The van der Waals surface area contributed by atoms with Crippen molar-refractivity contribution >= 4 is 34.7 Å². The number of unbranched alkanes of at least 4 members (excludes halogenated alkanes) is 2. The monoisotopic (exact) mass is 588 g/mol. The molecule has 1 heterocycles. The predicted molar refractivity (Wildman–Crippen MR) is 162 cm³/mol. The lowest BCUT2D eigenvalue weighted by Gasteiger charge is -2.13. The highest BCUT2D eigenvalue weighted by Gasteiger charge is 2.16. The van der Waals surface area contributed by atoms with Crippen LogP contribution in [0.2, 0.25) is 0 Å². The van der Waals surface area contributed by atoms with Crippen LogP contribution in [0.4, 0.5) is 0 Å². The summed E-state index contributed by atoms with van der Waals surface area (Å²) in [5.74, 6) is -2.12. The van der Waals surface area contributed by atoms with Crippen molar-refractivity contribution in [2.75, 3.05) is 13.2 Å². The van der Waals surface area contributed by atoms with Crippen molar-refractivity contribution in [2.24, 2.45) is 0 Å². The molecule has 226 valence electrons. The maximum Gasteiger partial charge on any atom is 0.374 e. The second kappa shape index (κ2) is 15.4. The van der Waals surface area contributed by atoms with Crippen LogP contribution in [0, 0.1) is 0 Å².